The number of carbonyl (C=O) groups is 2. The summed E-state index contributed by atoms with van der Waals surface area (Å²) >= 11 is 0.555. The number of nitrogens with one attached hydrogen (secondary N) is 1. The summed E-state index contributed by atoms with van der Waals surface area (Å²) in [5.74, 6) is -2.10. The molecule has 0 atom stereocenters. The quantitative estimate of drug-likeness (QED) is 0.289. The number of aromatic nitrogens is 5. The molecule has 12 nitrogen and oxygen atoms in total. The summed E-state index contributed by atoms with van der Waals surface area (Å²) in [5.41, 5.74) is 3.69. The van der Waals surface area contributed by atoms with Gasteiger partial charge >= 0.3 is 11.9 Å². The van der Waals surface area contributed by atoms with Crippen LogP contribution in [0.5, 0.6) is 0 Å². The van der Waals surface area contributed by atoms with Crippen molar-refractivity contribution in [2.24, 2.45) is 12.8 Å². The Kier molecular flexibility index (Phi) is 5.99. The SMILES string of the molecule is CCn1ncc(-c2cc(C(F)(F)F)nc3sc(C(N)=O)c(NC(=O)c4nn(C)cc4[N+](=O)[O-])c23)c1C. The van der Waals surface area contributed by atoms with Crippen molar-refractivity contribution >= 4 is 44.7 Å². The monoisotopic (exact) mass is 522 g/mol. The van der Waals surface area contributed by atoms with E-state index < -0.39 is 40.0 Å². The highest BCUT2D eigenvalue weighted by Gasteiger charge is 2.36. The largest absolute Gasteiger partial charge is 0.433 e. The van der Waals surface area contributed by atoms with Crippen LogP contribution in [-0.4, -0.2) is 41.3 Å². The standard InChI is InChI=1S/C20H17F3N8O4S/c1-4-30-8(2)10(6-25-30)9-5-12(20(21,22)23)26-19-13(9)15(16(36-19)17(24)32)27-18(33)14-11(31(34)35)7-29(3)28-14/h5-7H,4H2,1-3H3,(H2,24,32)(H,27,33). The molecule has 2 amide bonds. The molecule has 0 saturated heterocycles. The fraction of sp³-hybridized carbons (Fsp3) is 0.250. The number of nitrogens with two attached hydrogens (primary N) is 1. The predicted molar refractivity (Wildman–Crippen MR) is 123 cm³/mol. The van der Waals surface area contributed by atoms with E-state index in [1.165, 1.54) is 13.2 Å². The first-order chi connectivity index (χ1) is 16.8. The van der Waals surface area contributed by atoms with Gasteiger partial charge in [0.05, 0.1) is 16.8 Å². The lowest BCUT2D eigenvalue weighted by molar-refractivity contribution is -0.385. The van der Waals surface area contributed by atoms with Crippen molar-refractivity contribution in [3.05, 3.63) is 50.5 Å². The lowest BCUT2D eigenvalue weighted by Gasteiger charge is -2.12. The number of hydrogen-bond donors (Lipinski definition) is 2. The van der Waals surface area contributed by atoms with Gasteiger partial charge in [0.25, 0.3) is 11.8 Å². The number of rotatable bonds is 6. The molecule has 4 heterocycles. The Balaban J connectivity index is 2.01. The van der Waals surface area contributed by atoms with Crippen molar-refractivity contribution in [2.75, 3.05) is 5.32 Å². The van der Waals surface area contributed by atoms with Gasteiger partial charge in [-0.25, -0.2) is 4.98 Å². The third-order valence-corrected chi connectivity index (χ3v) is 6.43. The Hall–Kier alpha value is -4.34. The minimum absolute atomic E-state index is 0.000837. The van der Waals surface area contributed by atoms with Gasteiger partial charge in [-0.15, -0.1) is 11.3 Å². The number of hydrogen-bond acceptors (Lipinski definition) is 8. The van der Waals surface area contributed by atoms with Crippen molar-refractivity contribution < 1.29 is 27.7 Å². The van der Waals surface area contributed by atoms with Gasteiger partial charge in [0.15, 0.2) is 0 Å². The van der Waals surface area contributed by atoms with E-state index in [0.29, 0.717) is 29.1 Å². The zero-order chi connectivity index (χ0) is 26.5. The van der Waals surface area contributed by atoms with E-state index >= 15 is 0 Å². The number of pyridine rings is 1. The van der Waals surface area contributed by atoms with Gasteiger partial charge in [-0.05, 0) is 25.5 Å². The third-order valence-electron chi connectivity index (χ3n) is 5.33. The van der Waals surface area contributed by atoms with E-state index in [4.69, 9.17) is 5.73 Å². The number of amides is 2. The van der Waals surface area contributed by atoms with E-state index in [2.05, 4.69) is 20.5 Å². The average Bonchev–Trinajstić information content (AvgIpc) is 3.47. The van der Waals surface area contributed by atoms with Crippen LogP contribution in [0.1, 0.15) is 38.5 Å². The van der Waals surface area contributed by atoms with E-state index in [1.807, 2.05) is 0 Å². The first-order valence-corrected chi connectivity index (χ1v) is 11.0. The van der Waals surface area contributed by atoms with Crippen LogP contribution in [0, 0.1) is 17.0 Å². The number of halogens is 3. The van der Waals surface area contributed by atoms with E-state index in [0.717, 1.165) is 16.9 Å². The highest BCUT2D eigenvalue weighted by atomic mass is 32.1. The maximum Gasteiger partial charge on any atom is 0.433 e. The van der Waals surface area contributed by atoms with E-state index in [9.17, 15) is 32.9 Å². The summed E-state index contributed by atoms with van der Waals surface area (Å²) in [6, 6.07) is 0.794. The molecule has 0 spiro atoms. The molecule has 0 aromatic carbocycles. The van der Waals surface area contributed by atoms with E-state index in [-0.39, 0.29) is 26.3 Å². The summed E-state index contributed by atoms with van der Waals surface area (Å²) in [6.45, 7) is 3.89. The molecule has 4 aromatic heterocycles. The Morgan fingerprint density at radius 1 is 1.31 bits per heavy atom. The second kappa shape index (κ2) is 8.71. The molecular formula is C20H17F3N8O4S. The van der Waals surface area contributed by atoms with Gasteiger partial charge in [0.1, 0.15) is 21.6 Å². The molecule has 0 saturated carbocycles. The highest BCUT2D eigenvalue weighted by molar-refractivity contribution is 7.21. The Bertz CT molecular complexity index is 1550. The summed E-state index contributed by atoms with van der Waals surface area (Å²) in [4.78, 5) is 38.9. The van der Waals surface area contributed by atoms with Crippen LogP contribution >= 0.6 is 11.3 Å². The zero-order valence-corrected chi connectivity index (χ0v) is 19.7. The third kappa shape index (κ3) is 4.15. The van der Waals surface area contributed by atoms with Crippen molar-refractivity contribution in [3.63, 3.8) is 0 Å². The number of thiophene rings is 1. The number of aryl methyl sites for hydroxylation is 2. The number of fused-ring (bicyclic) bond motifs is 1. The molecule has 0 unspecified atom stereocenters. The smallest absolute Gasteiger partial charge is 0.365 e. The minimum Gasteiger partial charge on any atom is -0.365 e. The summed E-state index contributed by atoms with van der Waals surface area (Å²) in [6.07, 6.45) is -2.43. The van der Waals surface area contributed by atoms with Gasteiger partial charge in [-0.3, -0.25) is 29.1 Å². The Morgan fingerprint density at radius 3 is 2.56 bits per heavy atom. The van der Waals surface area contributed by atoms with Crippen LogP contribution < -0.4 is 11.1 Å². The molecule has 36 heavy (non-hydrogen) atoms. The molecule has 188 valence electrons. The lowest BCUT2D eigenvalue weighted by atomic mass is 10.0. The number of primary amides is 1. The molecule has 0 aliphatic heterocycles. The van der Waals surface area contributed by atoms with Gasteiger partial charge in [0.2, 0.25) is 5.69 Å². The Morgan fingerprint density at radius 2 is 2.00 bits per heavy atom. The molecule has 4 rings (SSSR count). The number of carbonyl (C=O) groups excluding carboxylic acids is 2. The maximum atomic E-state index is 13.7. The topological polar surface area (TPSA) is 164 Å². The van der Waals surface area contributed by atoms with Crippen LogP contribution in [0.3, 0.4) is 0 Å². The van der Waals surface area contributed by atoms with Crippen LogP contribution in [0.2, 0.25) is 0 Å². The van der Waals surface area contributed by atoms with Gasteiger partial charge in [-0.2, -0.15) is 23.4 Å². The number of anilines is 1. The number of nitrogens with zero attached hydrogens (tertiary/aromatic N) is 6. The minimum atomic E-state index is -4.81. The van der Waals surface area contributed by atoms with Crippen molar-refractivity contribution in [3.8, 4) is 11.1 Å². The number of alkyl halides is 3. The normalized spacial score (nSPS) is 11.7. The molecular weight excluding hydrogens is 505 g/mol. The lowest BCUT2D eigenvalue weighted by Crippen LogP contribution is -2.18. The van der Waals surface area contributed by atoms with E-state index in [1.54, 1.807) is 18.5 Å². The molecule has 4 aromatic rings. The molecule has 0 radical (unpaired) electrons. The molecule has 0 aliphatic carbocycles. The van der Waals surface area contributed by atoms with Crippen molar-refractivity contribution in [2.45, 2.75) is 26.6 Å². The summed E-state index contributed by atoms with van der Waals surface area (Å²) in [7, 11) is 1.37. The second-order valence-corrected chi connectivity index (χ2v) is 8.61. The predicted octanol–water partition coefficient (Wildman–Crippen LogP) is 3.50. The molecule has 3 N–H and O–H groups in total. The first kappa shape index (κ1) is 24.8. The first-order valence-electron chi connectivity index (χ1n) is 10.2. The van der Waals surface area contributed by atoms with Gasteiger partial charge < -0.3 is 11.1 Å². The maximum absolute atomic E-state index is 13.7. The van der Waals surface area contributed by atoms with Crippen LogP contribution in [-0.2, 0) is 19.8 Å². The van der Waals surface area contributed by atoms with Crippen molar-refractivity contribution in [1.82, 2.24) is 24.5 Å². The molecule has 0 bridgehead atoms. The molecule has 0 aliphatic rings. The Labute approximate surface area is 203 Å². The fourth-order valence-electron chi connectivity index (χ4n) is 3.72. The zero-order valence-electron chi connectivity index (χ0n) is 18.9. The molecule has 0 fully saturated rings. The van der Waals surface area contributed by atoms with Crippen molar-refractivity contribution in [1.29, 1.82) is 0 Å². The average molecular weight is 522 g/mol. The van der Waals surface area contributed by atoms with Crippen LogP contribution in [0.15, 0.2) is 18.5 Å². The highest BCUT2D eigenvalue weighted by Crippen LogP contribution is 2.44. The van der Waals surface area contributed by atoms with Crippen LogP contribution in [0.4, 0.5) is 24.5 Å². The van der Waals surface area contributed by atoms with Gasteiger partial charge in [-0.1, -0.05) is 0 Å². The second-order valence-electron chi connectivity index (χ2n) is 7.61. The van der Waals surface area contributed by atoms with Crippen LogP contribution in [0.25, 0.3) is 21.3 Å². The number of nitro groups is 1. The summed E-state index contributed by atoms with van der Waals surface area (Å²) in [5, 5.41) is 21.7. The molecule has 16 heteroatoms. The summed E-state index contributed by atoms with van der Waals surface area (Å²) < 4.78 is 43.7. The fourth-order valence-corrected chi connectivity index (χ4v) is 4.73. The van der Waals surface area contributed by atoms with Gasteiger partial charge in [0, 0.05) is 30.2 Å².